The maximum atomic E-state index is 12.2. The first-order chi connectivity index (χ1) is 11.0. The third-order valence-electron chi connectivity index (χ3n) is 3.15. The number of hydrogen-bond acceptors (Lipinski definition) is 2. The summed E-state index contributed by atoms with van der Waals surface area (Å²) in [4.78, 5) is 23.6. The van der Waals surface area contributed by atoms with Crippen LogP contribution in [0.15, 0.2) is 42.5 Å². The van der Waals surface area contributed by atoms with E-state index in [1.54, 1.807) is 49.4 Å². The van der Waals surface area contributed by atoms with E-state index in [9.17, 15) is 9.59 Å². The predicted molar refractivity (Wildman–Crippen MR) is 94.2 cm³/mol. The largest absolute Gasteiger partial charge is 0.326 e. The summed E-state index contributed by atoms with van der Waals surface area (Å²) in [6, 6.07) is 12.1. The molecule has 120 valence electrons. The van der Waals surface area contributed by atoms with Crippen LogP contribution >= 0.6 is 23.2 Å². The van der Waals surface area contributed by atoms with Crippen molar-refractivity contribution in [2.45, 2.75) is 19.8 Å². The normalized spacial score (nSPS) is 10.2. The zero-order valence-electron chi connectivity index (χ0n) is 12.5. The van der Waals surface area contributed by atoms with Gasteiger partial charge in [-0.05, 0) is 35.9 Å². The van der Waals surface area contributed by atoms with E-state index in [1.165, 1.54) is 0 Å². The first kappa shape index (κ1) is 17.3. The summed E-state index contributed by atoms with van der Waals surface area (Å²) in [5, 5.41) is 6.42. The Morgan fingerprint density at radius 3 is 2.00 bits per heavy atom. The standard InChI is InChI=1S/C17H16Cl2N2O2/c1-2-16(22)20-11-5-3-6-12(9-11)21-17(23)10-13-14(18)7-4-8-15(13)19/h3-9H,2,10H2,1H3,(H,20,22)(H,21,23). The Balaban J connectivity index is 2.06. The van der Waals surface area contributed by atoms with Crippen molar-refractivity contribution in [1.82, 2.24) is 0 Å². The molecule has 0 atom stereocenters. The van der Waals surface area contributed by atoms with E-state index in [0.29, 0.717) is 33.4 Å². The number of anilines is 2. The number of rotatable bonds is 5. The van der Waals surface area contributed by atoms with Gasteiger partial charge in [0.15, 0.2) is 0 Å². The fraction of sp³-hybridized carbons (Fsp3) is 0.176. The third kappa shape index (κ3) is 4.98. The van der Waals surface area contributed by atoms with Crippen LogP contribution in [0.1, 0.15) is 18.9 Å². The average molecular weight is 351 g/mol. The molecule has 4 nitrogen and oxygen atoms in total. The van der Waals surface area contributed by atoms with Gasteiger partial charge in [-0.2, -0.15) is 0 Å². The van der Waals surface area contributed by atoms with Gasteiger partial charge < -0.3 is 10.6 Å². The Morgan fingerprint density at radius 1 is 0.913 bits per heavy atom. The van der Waals surface area contributed by atoms with Crippen LogP contribution in [0.5, 0.6) is 0 Å². The molecule has 0 saturated carbocycles. The minimum absolute atomic E-state index is 0.0735. The van der Waals surface area contributed by atoms with Crippen molar-refractivity contribution >= 4 is 46.4 Å². The lowest BCUT2D eigenvalue weighted by atomic mass is 10.1. The molecule has 0 fully saturated rings. The summed E-state index contributed by atoms with van der Waals surface area (Å²) >= 11 is 12.1. The van der Waals surface area contributed by atoms with Crippen molar-refractivity contribution in [2.24, 2.45) is 0 Å². The molecule has 0 aliphatic rings. The van der Waals surface area contributed by atoms with E-state index < -0.39 is 0 Å². The average Bonchev–Trinajstić information content (AvgIpc) is 2.51. The Morgan fingerprint density at radius 2 is 1.43 bits per heavy atom. The van der Waals surface area contributed by atoms with Gasteiger partial charge in [0.2, 0.25) is 11.8 Å². The molecule has 0 bridgehead atoms. The first-order valence-corrected chi connectivity index (χ1v) is 7.88. The molecule has 0 saturated heterocycles. The van der Waals surface area contributed by atoms with Gasteiger partial charge in [0.1, 0.15) is 0 Å². The van der Waals surface area contributed by atoms with Crippen molar-refractivity contribution in [3.05, 3.63) is 58.1 Å². The van der Waals surface area contributed by atoms with Crippen LogP contribution in [0, 0.1) is 0 Å². The maximum absolute atomic E-state index is 12.2. The van der Waals surface area contributed by atoms with Crippen molar-refractivity contribution in [3.63, 3.8) is 0 Å². The van der Waals surface area contributed by atoms with E-state index in [4.69, 9.17) is 23.2 Å². The molecular formula is C17H16Cl2N2O2. The number of benzene rings is 2. The third-order valence-corrected chi connectivity index (χ3v) is 3.86. The Kier molecular flexibility index (Phi) is 6.02. The van der Waals surface area contributed by atoms with E-state index in [2.05, 4.69) is 10.6 Å². The van der Waals surface area contributed by atoms with Gasteiger partial charge >= 0.3 is 0 Å². The fourth-order valence-electron chi connectivity index (χ4n) is 1.99. The summed E-state index contributed by atoms with van der Waals surface area (Å²) in [5.41, 5.74) is 1.81. The smallest absolute Gasteiger partial charge is 0.228 e. The predicted octanol–water partition coefficient (Wildman–Crippen LogP) is 4.52. The van der Waals surface area contributed by atoms with E-state index in [0.717, 1.165) is 0 Å². The number of carbonyl (C=O) groups excluding carboxylic acids is 2. The summed E-state index contributed by atoms with van der Waals surface area (Å²) in [7, 11) is 0. The van der Waals surface area contributed by atoms with Crippen molar-refractivity contribution < 1.29 is 9.59 Å². The van der Waals surface area contributed by atoms with Crippen molar-refractivity contribution in [1.29, 1.82) is 0 Å². The summed E-state index contributed by atoms with van der Waals surface area (Å²) in [5.74, 6) is -0.324. The zero-order valence-corrected chi connectivity index (χ0v) is 14.0. The molecule has 6 heteroatoms. The highest BCUT2D eigenvalue weighted by Crippen LogP contribution is 2.25. The lowest BCUT2D eigenvalue weighted by Crippen LogP contribution is -2.15. The van der Waals surface area contributed by atoms with E-state index >= 15 is 0 Å². The molecule has 0 unspecified atom stereocenters. The van der Waals surface area contributed by atoms with Crippen LogP contribution in [0.3, 0.4) is 0 Å². The van der Waals surface area contributed by atoms with Gasteiger partial charge in [-0.3, -0.25) is 9.59 Å². The molecule has 2 amide bonds. The lowest BCUT2D eigenvalue weighted by molar-refractivity contribution is -0.116. The molecule has 0 aromatic heterocycles. The van der Waals surface area contributed by atoms with E-state index in [-0.39, 0.29) is 18.2 Å². The molecule has 2 N–H and O–H groups in total. The van der Waals surface area contributed by atoms with Crippen molar-refractivity contribution in [3.8, 4) is 0 Å². The Labute approximate surface area is 144 Å². The maximum Gasteiger partial charge on any atom is 0.228 e. The second kappa shape index (κ2) is 7.99. The highest BCUT2D eigenvalue weighted by molar-refractivity contribution is 6.36. The molecule has 0 spiro atoms. The molecule has 2 aromatic carbocycles. The monoisotopic (exact) mass is 350 g/mol. The SMILES string of the molecule is CCC(=O)Nc1cccc(NC(=O)Cc2c(Cl)cccc2Cl)c1. The molecule has 0 radical (unpaired) electrons. The number of nitrogens with one attached hydrogen (secondary N) is 2. The second-order valence-corrected chi connectivity index (χ2v) is 5.72. The van der Waals surface area contributed by atoms with Crippen molar-refractivity contribution in [2.75, 3.05) is 10.6 Å². The number of carbonyl (C=O) groups is 2. The van der Waals surface area contributed by atoms with Gasteiger partial charge in [-0.25, -0.2) is 0 Å². The van der Waals surface area contributed by atoms with Crippen LogP contribution < -0.4 is 10.6 Å². The van der Waals surface area contributed by atoms with Crippen LogP contribution in [0.4, 0.5) is 11.4 Å². The van der Waals surface area contributed by atoms with Gasteiger partial charge in [-0.15, -0.1) is 0 Å². The number of halogens is 2. The Bertz CT molecular complexity index is 712. The number of hydrogen-bond donors (Lipinski definition) is 2. The lowest BCUT2D eigenvalue weighted by Gasteiger charge is -2.10. The molecule has 23 heavy (non-hydrogen) atoms. The minimum atomic E-state index is -0.237. The Hall–Kier alpha value is -2.04. The molecular weight excluding hydrogens is 335 g/mol. The highest BCUT2D eigenvalue weighted by atomic mass is 35.5. The summed E-state index contributed by atoms with van der Waals surface area (Å²) in [6.45, 7) is 1.77. The second-order valence-electron chi connectivity index (χ2n) is 4.91. The van der Waals surface area contributed by atoms with Crippen LogP contribution in [0.25, 0.3) is 0 Å². The summed E-state index contributed by atoms with van der Waals surface area (Å²) in [6.07, 6.45) is 0.464. The fourth-order valence-corrected chi connectivity index (χ4v) is 2.52. The molecule has 0 heterocycles. The van der Waals surface area contributed by atoms with Crippen LogP contribution in [-0.4, -0.2) is 11.8 Å². The van der Waals surface area contributed by atoms with Gasteiger partial charge in [0.05, 0.1) is 6.42 Å². The topological polar surface area (TPSA) is 58.2 Å². The van der Waals surface area contributed by atoms with Gasteiger partial charge in [0.25, 0.3) is 0 Å². The molecule has 0 aliphatic carbocycles. The molecule has 2 rings (SSSR count). The highest BCUT2D eigenvalue weighted by Gasteiger charge is 2.11. The molecule has 0 aliphatic heterocycles. The van der Waals surface area contributed by atoms with Crippen LogP contribution in [0.2, 0.25) is 10.0 Å². The van der Waals surface area contributed by atoms with Gasteiger partial charge in [0, 0.05) is 27.8 Å². The number of amides is 2. The quantitative estimate of drug-likeness (QED) is 0.832. The van der Waals surface area contributed by atoms with E-state index in [1.807, 2.05) is 0 Å². The van der Waals surface area contributed by atoms with Crippen LogP contribution in [-0.2, 0) is 16.0 Å². The minimum Gasteiger partial charge on any atom is -0.326 e. The first-order valence-electron chi connectivity index (χ1n) is 7.12. The van der Waals surface area contributed by atoms with Gasteiger partial charge in [-0.1, -0.05) is 42.3 Å². The molecule has 2 aromatic rings. The summed E-state index contributed by atoms with van der Waals surface area (Å²) < 4.78 is 0. The zero-order chi connectivity index (χ0) is 16.8.